The van der Waals surface area contributed by atoms with Crippen LogP contribution in [-0.2, 0) is 9.59 Å². The number of isocyanates is 2. The van der Waals surface area contributed by atoms with Crippen molar-refractivity contribution in [2.24, 2.45) is 11.3 Å². The molecule has 0 bridgehead atoms. The highest BCUT2D eigenvalue weighted by atomic mass is 16.1. The van der Waals surface area contributed by atoms with Crippen LogP contribution in [0.4, 0.5) is 0 Å². The third kappa shape index (κ3) is 7.05. The van der Waals surface area contributed by atoms with E-state index in [1.54, 1.807) is 0 Å². The fraction of sp³-hybridized carbons (Fsp3) is 0.867. The van der Waals surface area contributed by atoms with E-state index in [9.17, 15) is 0 Å². The Morgan fingerprint density at radius 2 is 1.21 bits per heavy atom. The Hall–Kier alpha value is -1.24. The summed E-state index contributed by atoms with van der Waals surface area (Å²) in [5.74, 6) is 1.08. The molecule has 0 spiro atoms. The molecule has 2 saturated carbocycles. The molecule has 2 aliphatic carbocycles. The Balaban J connectivity index is 0.000000465. The molecule has 0 radical (unpaired) electrons. The van der Waals surface area contributed by atoms with Crippen LogP contribution in [0.25, 0.3) is 10.8 Å². The standard InChI is InChI=1S/C13H24.2CNO/c1-13(10-6-3-7-11-13)12-8-4-2-5-9-12;2*2-1-3/h12H,2-11H2,1H3;;/q;2*-1. The first-order chi connectivity index (χ1) is 9.14. The summed E-state index contributed by atoms with van der Waals surface area (Å²) >= 11 is 0. The van der Waals surface area contributed by atoms with Gasteiger partial charge < -0.3 is 10.8 Å². The fourth-order valence-corrected chi connectivity index (χ4v) is 3.57. The molecular weight excluding hydrogens is 240 g/mol. The molecule has 0 aromatic heterocycles. The van der Waals surface area contributed by atoms with Crippen LogP contribution in [0.5, 0.6) is 0 Å². The lowest BCUT2D eigenvalue weighted by Gasteiger charge is -2.42. The van der Waals surface area contributed by atoms with Gasteiger partial charge in [0.05, 0.1) is 0 Å². The van der Waals surface area contributed by atoms with Crippen molar-refractivity contribution in [1.29, 1.82) is 0 Å². The molecule has 4 nitrogen and oxygen atoms in total. The van der Waals surface area contributed by atoms with Crippen LogP contribution in [0.2, 0.25) is 0 Å². The predicted molar refractivity (Wildman–Crippen MR) is 75.9 cm³/mol. The normalized spacial score (nSPS) is 21.5. The van der Waals surface area contributed by atoms with Crippen LogP contribution in [0.3, 0.4) is 0 Å². The van der Waals surface area contributed by atoms with E-state index in [-0.39, 0.29) is 0 Å². The molecule has 0 atom stereocenters. The van der Waals surface area contributed by atoms with Gasteiger partial charge in [-0.2, -0.15) is 0 Å². The van der Waals surface area contributed by atoms with Crippen molar-refractivity contribution in [1.82, 2.24) is 0 Å². The summed E-state index contributed by atoms with van der Waals surface area (Å²) in [5.41, 5.74) is 0.749. The number of hydrogen-bond acceptors (Lipinski definition) is 2. The fourth-order valence-electron chi connectivity index (χ4n) is 3.57. The van der Waals surface area contributed by atoms with Crippen LogP contribution < -0.4 is 0 Å². The van der Waals surface area contributed by atoms with Crippen LogP contribution in [0.15, 0.2) is 0 Å². The molecule has 2 aliphatic rings. The second-order valence-electron chi connectivity index (χ2n) is 5.73. The van der Waals surface area contributed by atoms with E-state index in [1.165, 1.54) is 64.2 Å². The first kappa shape index (κ1) is 17.8. The zero-order valence-corrected chi connectivity index (χ0v) is 11.9. The van der Waals surface area contributed by atoms with Gasteiger partial charge >= 0.3 is 0 Å². The summed E-state index contributed by atoms with van der Waals surface area (Å²) < 4.78 is 0. The van der Waals surface area contributed by atoms with Gasteiger partial charge in [0, 0.05) is 0 Å². The maximum absolute atomic E-state index is 8.24. The van der Waals surface area contributed by atoms with E-state index in [4.69, 9.17) is 20.4 Å². The highest BCUT2D eigenvalue weighted by Crippen LogP contribution is 2.47. The van der Waals surface area contributed by atoms with E-state index in [0.717, 1.165) is 11.3 Å². The average Bonchev–Trinajstić information content (AvgIpc) is 2.42. The van der Waals surface area contributed by atoms with Crippen molar-refractivity contribution in [3.05, 3.63) is 10.8 Å². The van der Waals surface area contributed by atoms with Crippen LogP contribution in [-0.4, -0.2) is 12.2 Å². The lowest BCUT2D eigenvalue weighted by molar-refractivity contribution is 0.0876. The minimum absolute atomic E-state index is 0.500. The minimum Gasteiger partial charge on any atom is -0.724 e. The maximum Gasteiger partial charge on any atom is -0.0159 e. The monoisotopic (exact) mass is 264 g/mol. The first-order valence-electron chi connectivity index (χ1n) is 7.17. The summed E-state index contributed by atoms with van der Waals surface area (Å²) in [5, 5.41) is 13.5. The van der Waals surface area contributed by atoms with Crippen molar-refractivity contribution < 1.29 is 9.59 Å². The van der Waals surface area contributed by atoms with Crippen LogP contribution in [0.1, 0.15) is 71.1 Å². The zero-order chi connectivity index (χ0) is 14.6. The van der Waals surface area contributed by atoms with Crippen LogP contribution in [0, 0.1) is 11.3 Å². The molecule has 0 heterocycles. The predicted octanol–water partition coefficient (Wildman–Crippen LogP) is 4.32. The molecule has 0 saturated heterocycles. The van der Waals surface area contributed by atoms with Gasteiger partial charge in [-0.15, -0.1) is 0 Å². The van der Waals surface area contributed by atoms with Gasteiger partial charge in [-0.25, -0.2) is 0 Å². The highest BCUT2D eigenvalue weighted by Gasteiger charge is 2.35. The SMILES string of the molecule is CC1(C2CCCCC2)CCCCC1.[N-]=C=O.[N-]=C=O. The largest absolute Gasteiger partial charge is 0.724 e. The Labute approximate surface area is 116 Å². The average molecular weight is 264 g/mol. The molecule has 0 aliphatic heterocycles. The number of carbonyl (C=O) groups excluding carboxylic acids is 2. The van der Waals surface area contributed by atoms with E-state index < -0.39 is 0 Å². The molecule has 0 amide bonds. The third-order valence-electron chi connectivity index (χ3n) is 4.59. The van der Waals surface area contributed by atoms with Gasteiger partial charge in [0.2, 0.25) is 0 Å². The van der Waals surface area contributed by atoms with Gasteiger partial charge in [0.1, 0.15) is 0 Å². The van der Waals surface area contributed by atoms with Gasteiger partial charge in [-0.1, -0.05) is 45.4 Å². The molecule has 0 N–H and O–H groups in total. The van der Waals surface area contributed by atoms with Crippen molar-refractivity contribution in [2.45, 2.75) is 71.1 Å². The topological polar surface area (TPSA) is 78.7 Å². The summed E-state index contributed by atoms with van der Waals surface area (Å²) in [4.78, 5) is 16.5. The Morgan fingerprint density at radius 1 is 0.842 bits per heavy atom. The molecule has 4 heteroatoms. The first-order valence-corrected chi connectivity index (χ1v) is 7.17. The van der Waals surface area contributed by atoms with Crippen molar-refractivity contribution in [3.8, 4) is 0 Å². The van der Waals surface area contributed by atoms with Crippen molar-refractivity contribution in [3.63, 3.8) is 0 Å². The molecule has 2 fully saturated rings. The molecule has 0 aromatic carbocycles. The van der Waals surface area contributed by atoms with Gasteiger partial charge in [0.15, 0.2) is 0 Å². The lowest BCUT2D eigenvalue weighted by atomic mass is 9.63. The van der Waals surface area contributed by atoms with Crippen LogP contribution >= 0.6 is 0 Å². The van der Waals surface area contributed by atoms with E-state index in [1.807, 2.05) is 0 Å². The quantitative estimate of drug-likeness (QED) is 0.522. The van der Waals surface area contributed by atoms with Gasteiger partial charge in [-0.05, 0) is 49.2 Å². The summed E-state index contributed by atoms with van der Waals surface area (Å²) in [6, 6.07) is 0. The molecule has 0 unspecified atom stereocenters. The number of nitrogens with zero attached hydrogens (tertiary/aromatic N) is 2. The molecule has 108 valence electrons. The van der Waals surface area contributed by atoms with Crippen molar-refractivity contribution in [2.75, 3.05) is 0 Å². The lowest BCUT2D eigenvalue weighted by Crippen LogP contribution is -2.31. The molecular formula is C15H24N2O2-2. The van der Waals surface area contributed by atoms with E-state index in [2.05, 4.69) is 6.92 Å². The second-order valence-corrected chi connectivity index (χ2v) is 5.73. The van der Waals surface area contributed by atoms with Crippen molar-refractivity contribution >= 4 is 12.2 Å². The number of rotatable bonds is 1. The smallest absolute Gasteiger partial charge is 0.0159 e. The van der Waals surface area contributed by atoms with Gasteiger partial charge in [0.25, 0.3) is 0 Å². The Kier molecular flexibility index (Phi) is 9.97. The minimum atomic E-state index is 0.500. The maximum atomic E-state index is 8.24. The second kappa shape index (κ2) is 10.7. The zero-order valence-electron chi connectivity index (χ0n) is 11.9. The molecule has 19 heavy (non-hydrogen) atoms. The van der Waals surface area contributed by atoms with Gasteiger partial charge in [-0.3, -0.25) is 9.59 Å². The number of hydrogen-bond donors (Lipinski definition) is 0. The summed E-state index contributed by atoms with van der Waals surface area (Å²) in [6.45, 7) is 2.57. The Morgan fingerprint density at radius 3 is 1.63 bits per heavy atom. The highest BCUT2D eigenvalue weighted by molar-refractivity contribution is 5.37. The third-order valence-corrected chi connectivity index (χ3v) is 4.59. The summed E-state index contributed by atoms with van der Waals surface area (Å²) in [7, 11) is 0. The van der Waals surface area contributed by atoms with E-state index >= 15 is 0 Å². The molecule has 2 rings (SSSR count). The molecule has 0 aromatic rings. The Bertz CT molecular complexity index is 279. The van der Waals surface area contributed by atoms with E-state index in [0.29, 0.717) is 12.2 Å². The summed E-state index contributed by atoms with van der Waals surface area (Å²) in [6.07, 6.45) is 16.2.